The summed E-state index contributed by atoms with van der Waals surface area (Å²) in [6.45, 7) is 3.29. The molecule has 4 heteroatoms. The lowest BCUT2D eigenvalue weighted by molar-refractivity contribution is -0.161. The van der Waals surface area contributed by atoms with Crippen molar-refractivity contribution in [1.29, 1.82) is 0 Å². The molecule has 0 saturated heterocycles. The third kappa shape index (κ3) is 2.17. The van der Waals surface area contributed by atoms with E-state index >= 15 is 0 Å². The lowest BCUT2D eigenvalue weighted by Crippen LogP contribution is -2.52. The van der Waals surface area contributed by atoms with E-state index in [-0.39, 0.29) is 6.42 Å². The van der Waals surface area contributed by atoms with Gasteiger partial charge in [0.25, 0.3) is 0 Å². The SMILES string of the molecule is CCCC(O)(C(=O)O)C(C)N. The van der Waals surface area contributed by atoms with Crippen LogP contribution in [-0.2, 0) is 4.79 Å². The molecule has 0 aromatic carbocycles. The van der Waals surface area contributed by atoms with Crippen LogP contribution in [0.15, 0.2) is 0 Å². The van der Waals surface area contributed by atoms with Gasteiger partial charge in [-0.25, -0.2) is 4.79 Å². The van der Waals surface area contributed by atoms with Crippen molar-refractivity contribution in [2.24, 2.45) is 5.73 Å². The molecule has 4 nitrogen and oxygen atoms in total. The van der Waals surface area contributed by atoms with Crippen LogP contribution in [0, 0.1) is 0 Å². The molecule has 0 amide bonds. The van der Waals surface area contributed by atoms with Crippen molar-refractivity contribution >= 4 is 5.97 Å². The number of rotatable bonds is 4. The van der Waals surface area contributed by atoms with Crippen LogP contribution in [0.25, 0.3) is 0 Å². The van der Waals surface area contributed by atoms with E-state index in [1.807, 2.05) is 0 Å². The molecule has 0 aliphatic heterocycles. The minimum Gasteiger partial charge on any atom is -0.479 e. The Morgan fingerprint density at radius 1 is 1.73 bits per heavy atom. The fourth-order valence-electron chi connectivity index (χ4n) is 0.911. The summed E-state index contributed by atoms with van der Waals surface area (Å²) in [7, 11) is 0. The van der Waals surface area contributed by atoms with E-state index in [1.54, 1.807) is 6.92 Å². The zero-order valence-electron chi connectivity index (χ0n) is 6.87. The van der Waals surface area contributed by atoms with Crippen molar-refractivity contribution in [3.05, 3.63) is 0 Å². The van der Waals surface area contributed by atoms with Gasteiger partial charge in [0.2, 0.25) is 0 Å². The van der Waals surface area contributed by atoms with Crippen LogP contribution >= 0.6 is 0 Å². The Morgan fingerprint density at radius 3 is 2.27 bits per heavy atom. The summed E-state index contributed by atoms with van der Waals surface area (Å²) in [4.78, 5) is 10.5. The van der Waals surface area contributed by atoms with Crippen LogP contribution in [0.4, 0.5) is 0 Å². The molecule has 0 radical (unpaired) electrons. The summed E-state index contributed by atoms with van der Waals surface area (Å²) in [5.74, 6) is -1.24. The average Bonchev–Trinajstić information content (AvgIpc) is 1.87. The highest BCUT2D eigenvalue weighted by Gasteiger charge is 2.38. The number of carbonyl (C=O) groups is 1. The lowest BCUT2D eigenvalue weighted by Gasteiger charge is -2.26. The summed E-state index contributed by atoms with van der Waals surface area (Å²) in [6, 6.07) is -0.736. The predicted octanol–water partition coefficient (Wildman–Crippen LogP) is -0.0506. The fraction of sp³-hybridized carbons (Fsp3) is 0.857. The number of carboxylic acids is 1. The van der Waals surface area contributed by atoms with Gasteiger partial charge >= 0.3 is 5.97 Å². The van der Waals surface area contributed by atoms with Crippen molar-refractivity contribution in [2.45, 2.75) is 38.3 Å². The second-order valence-corrected chi connectivity index (χ2v) is 2.77. The van der Waals surface area contributed by atoms with Crippen molar-refractivity contribution in [3.63, 3.8) is 0 Å². The molecule has 0 fully saturated rings. The van der Waals surface area contributed by atoms with Gasteiger partial charge in [-0.3, -0.25) is 0 Å². The number of carboxylic acid groups (broad SMARTS) is 1. The van der Waals surface area contributed by atoms with Crippen molar-refractivity contribution in [1.82, 2.24) is 0 Å². The molecule has 11 heavy (non-hydrogen) atoms. The standard InChI is InChI=1S/C7H15NO3/c1-3-4-7(11,5(2)8)6(9)10/h5,11H,3-4,8H2,1-2H3,(H,9,10). The van der Waals surface area contributed by atoms with E-state index < -0.39 is 17.6 Å². The Labute approximate surface area is 66.0 Å². The van der Waals surface area contributed by atoms with Gasteiger partial charge in [0.15, 0.2) is 5.60 Å². The Morgan fingerprint density at radius 2 is 2.18 bits per heavy atom. The summed E-state index contributed by atoms with van der Waals surface area (Å²) < 4.78 is 0. The molecule has 2 atom stereocenters. The third-order valence-corrected chi connectivity index (χ3v) is 1.75. The van der Waals surface area contributed by atoms with Gasteiger partial charge in [0.05, 0.1) is 0 Å². The maximum absolute atomic E-state index is 10.5. The molecule has 0 heterocycles. The molecule has 0 rings (SSSR count). The van der Waals surface area contributed by atoms with E-state index in [0.717, 1.165) is 0 Å². The first-order valence-corrected chi connectivity index (χ1v) is 3.66. The first kappa shape index (κ1) is 10.4. The quantitative estimate of drug-likeness (QED) is 0.539. The topological polar surface area (TPSA) is 83.5 Å². The molecule has 0 aromatic rings. The van der Waals surface area contributed by atoms with Gasteiger partial charge in [-0.1, -0.05) is 13.3 Å². The van der Waals surface area contributed by atoms with Crippen LogP contribution in [0.3, 0.4) is 0 Å². The lowest BCUT2D eigenvalue weighted by atomic mass is 9.91. The van der Waals surface area contributed by atoms with E-state index in [4.69, 9.17) is 10.8 Å². The smallest absolute Gasteiger partial charge is 0.337 e. The molecule has 0 spiro atoms. The minimum atomic E-state index is -1.76. The molecule has 0 saturated carbocycles. The Kier molecular flexibility index (Phi) is 3.48. The Hall–Kier alpha value is -0.610. The highest BCUT2D eigenvalue weighted by molar-refractivity contribution is 5.78. The fourth-order valence-corrected chi connectivity index (χ4v) is 0.911. The molecule has 2 unspecified atom stereocenters. The maximum Gasteiger partial charge on any atom is 0.337 e. The Bertz CT molecular complexity index is 147. The van der Waals surface area contributed by atoms with E-state index in [2.05, 4.69) is 0 Å². The summed E-state index contributed by atoms with van der Waals surface area (Å²) in [5, 5.41) is 18.0. The minimum absolute atomic E-state index is 0.194. The number of hydrogen-bond acceptors (Lipinski definition) is 3. The first-order chi connectivity index (χ1) is 4.95. The van der Waals surface area contributed by atoms with Crippen molar-refractivity contribution in [3.8, 4) is 0 Å². The van der Waals surface area contributed by atoms with Gasteiger partial charge in [0, 0.05) is 6.04 Å². The highest BCUT2D eigenvalue weighted by atomic mass is 16.4. The van der Waals surface area contributed by atoms with Gasteiger partial charge in [-0.05, 0) is 13.3 Å². The number of aliphatic hydroxyl groups is 1. The molecule has 0 bridgehead atoms. The number of nitrogens with two attached hydrogens (primary N) is 1. The monoisotopic (exact) mass is 161 g/mol. The van der Waals surface area contributed by atoms with Gasteiger partial charge in [0.1, 0.15) is 0 Å². The maximum atomic E-state index is 10.5. The van der Waals surface area contributed by atoms with Crippen LogP contribution < -0.4 is 5.73 Å². The zero-order chi connectivity index (χ0) is 9.07. The summed E-state index contributed by atoms with van der Waals surface area (Å²) >= 11 is 0. The number of aliphatic carboxylic acids is 1. The molecule has 0 aliphatic rings. The summed E-state index contributed by atoms with van der Waals surface area (Å²) in [5.41, 5.74) is 3.57. The van der Waals surface area contributed by atoms with Crippen LogP contribution in [0.5, 0.6) is 0 Å². The highest BCUT2D eigenvalue weighted by Crippen LogP contribution is 2.16. The van der Waals surface area contributed by atoms with Gasteiger partial charge in [-0.15, -0.1) is 0 Å². The third-order valence-electron chi connectivity index (χ3n) is 1.75. The van der Waals surface area contributed by atoms with Crippen LogP contribution in [0.1, 0.15) is 26.7 Å². The first-order valence-electron chi connectivity index (χ1n) is 3.66. The summed E-state index contributed by atoms with van der Waals surface area (Å²) in [6.07, 6.45) is 0.796. The molecule has 0 aromatic heterocycles. The molecular weight excluding hydrogens is 146 g/mol. The van der Waals surface area contributed by atoms with E-state index in [1.165, 1.54) is 6.92 Å². The molecule has 4 N–H and O–H groups in total. The second kappa shape index (κ2) is 3.69. The average molecular weight is 161 g/mol. The van der Waals surface area contributed by atoms with Crippen molar-refractivity contribution in [2.75, 3.05) is 0 Å². The Balaban J connectivity index is 4.38. The number of hydrogen-bond donors (Lipinski definition) is 3. The van der Waals surface area contributed by atoms with Gasteiger partial charge < -0.3 is 15.9 Å². The molecule has 66 valence electrons. The van der Waals surface area contributed by atoms with Crippen LogP contribution in [-0.4, -0.2) is 27.8 Å². The molecule has 0 aliphatic carbocycles. The van der Waals surface area contributed by atoms with Gasteiger partial charge in [-0.2, -0.15) is 0 Å². The van der Waals surface area contributed by atoms with Crippen LogP contribution in [0.2, 0.25) is 0 Å². The predicted molar refractivity (Wildman–Crippen MR) is 41.1 cm³/mol. The molecular formula is C7H15NO3. The second-order valence-electron chi connectivity index (χ2n) is 2.77. The van der Waals surface area contributed by atoms with E-state index in [0.29, 0.717) is 6.42 Å². The van der Waals surface area contributed by atoms with E-state index in [9.17, 15) is 9.90 Å². The van der Waals surface area contributed by atoms with Crippen molar-refractivity contribution < 1.29 is 15.0 Å². The normalized spacial score (nSPS) is 18.9. The zero-order valence-corrected chi connectivity index (χ0v) is 6.87. The largest absolute Gasteiger partial charge is 0.479 e.